The summed E-state index contributed by atoms with van der Waals surface area (Å²) in [4.78, 5) is 0. The number of sulfone groups is 1. The summed E-state index contributed by atoms with van der Waals surface area (Å²) < 4.78 is 22.4. The molecule has 0 amide bonds. The van der Waals surface area contributed by atoms with Crippen LogP contribution in [0.5, 0.6) is 0 Å². The molecule has 0 aliphatic carbocycles. The average molecular weight is 209 g/mol. The van der Waals surface area contributed by atoms with E-state index in [4.69, 9.17) is 5.11 Å². The van der Waals surface area contributed by atoms with E-state index in [2.05, 4.69) is 5.32 Å². The van der Waals surface area contributed by atoms with E-state index in [9.17, 15) is 8.42 Å². The van der Waals surface area contributed by atoms with Gasteiger partial charge in [-0.25, -0.2) is 8.42 Å². The van der Waals surface area contributed by atoms with Crippen molar-refractivity contribution in [1.29, 1.82) is 0 Å². The highest BCUT2D eigenvalue weighted by atomic mass is 32.2. The highest BCUT2D eigenvalue weighted by Gasteiger charge is 2.14. The molecule has 2 unspecified atom stereocenters. The van der Waals surface area contributed by atoms with Crippen LogP contribution in [0.1, 0.15) is 20.8 Å². The van der Waals surface area contributed by atoms with Crippen LogP contribution in [0.25, 0.3) is 0 Å². The first-order valence-corrected chi connectivity index (χ1v) is 6.30. The molecular formula is C8H19NO3S. The van der Waals surface area contributed by atoms with E-state index in [-0.39, 0.29) is 30.2 Å². The molecule has 0 aromatic rings. The summed E-state index contributed by atoms with van der Waals surface area (Å²) in [5.41, 5.74) is 0. The van der Waals surface area contributed by atoms with E-state index in [1.54, 1.807) is 13.8 Å². The Bertz CT molecular complexity index is 226. The number of hydrogen-bond donors (Lipinski definition) is 2. The van der Waals surface area contributed by atoms with Gasteiger partial charge < -0.3 is 10.4 Å². The molecule has 2 N–H and O–H groups in total. The summed E-state index contributed by atoms with van der Waals surface area (Å²) in [6.45, 7) is 5.28. The minimum Gasteiger partial charge on any atom is -0.395 e. The Hall–Kier alpha value is -0.130. The van der Waals surface area contributed by atoms with Crippen molar-refractivity contribution in [3.8, 4) is 0 Å². The highest BCUT2D eigenvalue weighted by Crippen LogP contribution is 1.95. The van der Waals surface area contributed by atoms with Gasteiger partial charge >= 0.3 is 0 Å². The third kappa shape index (κ3) is 6.01. The highest BCUT2D eigenvalue weighted by molar-refractivity contribution is 7.91. The van der Waals surface area contributed by atoms with Gasteiger partial charge in [0, 0.05) is 17.8 Å². The third-order valence-electron chi connectivity index (χ3n) is 1.79. The van der Waals surface area contributed by atoms with Crippen molar-refractivity contribution in [3.63, 3.8) is 0 Å². The molecule has 0 spiro atoms. The molecule has 0 aliphatic rings. The van der Waals surface area contributed by atoms with Crippen LogP contribution in [0.3, 0.4) is 0 Å². The zero-order valence-electron chi connectivity index (χ0n) is 8.45. The first kappa shape index (κ1) is 12.9. The topological polar surface area (TPSA) is 66.4 Å². The first-order chi connectivity index (χ1) is 5.91. The summed E-state index contributed by atoms with van der Waals surface area (Å²) in [7, 11) is -2.92. The summed E-state index contributed by atoms with van der Waals surface area (Å²) >= 11 is 0. The van der Waals surface area contributed by atoms with Crippen LogP contribution in [-0.2, 0) is 9.84 Å². The van der Waals surface area contributed by atoms with E-state index in [0.717, 1.165) is 0 Å². The lowest BCUT2D eigenvalue weighted by molar-refractivity contribution is 0.245. The van der Waals surface area contributed by atoms with E-state index >= 15 is 0 Å². The molecule has 0 bridgehead atoms. The molecule has 0 aliphatic heterocycles. The fourth-order valence-corrected chi connectivity index (χ4v) is 2.18. The van der Waals surface area contributed by atoms with Gasteiger partial charge in [-0.15, -0.1) is 0 Å². The van der Waals surface area contributed by atoms with Gasteiger partial charge in [0.05, 0.1) is 12.4 Å². The van der Waals surface area contributed by atoms with Crippen LogP contribution in [0.4, 0.5) is 0 Å². The molecule has 13 heavy (non-hydrogen) atoms. The van der Waals surface area contributed by atoms with Crippen molar-refractivity contribution in [2.45, 2.75) is 32.9 Å². The molecule has 0 rings (SSSR count). The van der Waals surface area contributed by atoms with Crippen molar-refractivity contribution >= 4 is 9.84 Å². The van der Waals surface area contributed by atoms with E-state index in [0.29, 0.717) is 0 Å². The van der Waals surface area contributed by atoms with Crippen molar-refractivity contribution in [1.82, 2.24) is 5.32 Å². The van der Waals surface area contributed by atoms with Gasteiger partial charge in [0.1, 0.15) is 0 Å². The second-order valence-electron chi connectivity index (χ2n) is 3.35. The van der Waals surface area contributed by atoms with E-state index in [1.165, 1.54) is 0 Å². The van der Waals surface area contributed by atoms with Crippen LogP contribution < -0.4 is 5.32 Å². The molecule has 0 saturated heterocycles. The Kier molecular flexibility index (Phi) is 5.51. The average Bonchev–Trinajstić information content (AvgIpc) is 2.03. The largest absolute Gasteiger partial charge is 0.395 e. The maximum absolute atomic E-state index is 11.2. The van der Waals surface area contributed by atoms with Gasteiger partial charge in [0.2, 0.25) is 0 Å². The van der Waals surface area contributed by atoms with Crippen LogP contribution in [0.2, 0.25) is 0 Å². The second-order valence-corrected chi connectivity index (χ2v) is 5.75. The Morgan fingerprint density at radius 3 is 2.23 bits per heavy atom. The minimum absolute atomic E-state index is 0.0243. The zero-order chi connectivity index (χ0) is 10.5. The van der Waals surface area contributed by atoms with Crippen LogP contribution >= 0.6 is 0 Å². The smallest absolute Gasteiger partial charge is 0.151 e. The van der Waals surface area contributed by atoms with Crippen LogP contribution in [0.15, 0.2) is 0 Å². The van der Waals surface area contributed by atoms with Crippen LogP contribution in [0, 0.1) is 0 Å². The molecule has 0 radical (unpaired) electrons. The van der Waals surface area contributed by atoms with Crippen LogP contribution in [-0.4, -0.2) is 43.7 Å². The summed E-state index contributed by atoms with van der Waals surface area (Å²) in [6, 6.07) is -0.158. The molecule has 0 heterocycles. The lowest BCUT2D eigenvalue weighted by atomic mass is 10.3. The van der Waals surface area contributed by atoms with Crippen molar-refractivity contribution in [3.05, 3.63) is 0 Å². The Morgan fingerprint density at radius 2 is 1.85 bits per heavy atom. The van der Waals surface area contributed by atoms with Gasteiger partial charge in [-0.05, 0) is 13.8 Å². The normalized spacial score (nSPS) is 16.9. The Balaban J connectivity index is 3.94. The molecular weight excluding hydrogens is 190 g/mol. The van der Waals surface area contributed by atoms with Crippen molar-refractivity contribution < 1.29 is 13.5 Å². The number of aliphatic hydroxyl groups excluding tert-OH is 1. The Labute approximate surface area is 80.3 Å². The van der Waals surface area contributed by atoms with Gasteiger partial charge in [-0.1, -0.05) is 6.92 Å². The van der Waals surface area contributed by atoms with Gasteiger partial charge in [0.25, 0.3) is 0 Å². The van der Waals surface area contributed by atoms with Gasteiger partial charge in [-0.3, -0.25) is 0 Å². The molecule has 0 aromatic heterocycles. The maximum atomic E-state index is 11.2. The lowest BCUT2D eigenvalue weighted by Crippen LogP contribution is -2.41. The summed E-state index contributed by atoms with van der Waals surface area (Å²) in [5, 5.41) is 11.7. The molecule has 4 nitrogen and oxygen atoms in total. The van der Waals surface area contributed by atoms with Crippen molar-refractivity contribution in [2.75, 3.05) is 18.1 Å². The fraction of sp³-hybridized carbons (Fsp3) is 1.00. The Morgan fingerprint density at radius 1 is 1.31 bits per heavy atom. The monoisotopic (exact) mass is 209 g/mol. The molecule has 0 aromatic carbocycles. The molecule has 2 atom stereocenters. The van der Waals surface area contributed by atoms with Gasteiger partial charge in [-0.2, -0.15) is 0 Å². The predicted molar refractivity (Wildman–Crippen MR) is 53.5 cm³/mol. The van der Waals surface area contributed by atoms with E-state index < -0.39 is 9.84 Å². The number of hydrogen-bond acceptors (Lipinski definition) is 4. The predicted octanol–water partition coefficient (Wildman–Crippen LogP) is -0.220. The SMILES string of the molecule is CCS(=O)(=O)CC(C)NC(C)CO. The van der Waals surface area contributed by atoms with Crippen molar-refractivity contribution in [2.24, 2.45) is 0 Å². The lowest BCUT2D eigenvalue weighted by Gasteiger charge is -2.17. The van der Waals surface area contributed by atoms with Gasteiger partial charge in [0.15, 0.2) is 9.84 Å². The third-order valence-corrected chi connectivity index (χ3v) is 3.67. The fourth-order valence-electron chi connectivity index (χ4n) is 1.09. The molecule has 0 saturated carbocycles. The number of aliphatic hydroxyl groups is 1. The summed E-state index contributed by atoms with van der Waals surface area (Å²) in [5.74, 6) is 0.306. The molecule has 5 heteroatoms. The first-order valence-electron chi connectivity index (χ1n) is 4.48. The molecule has 0 fully saturated rings. The second kappa shape index (κ2) is 5.57. The zero-order valence-corrected chi connectivity index (χ0v) is 9.26. The minimum atomic E-state index is -2.92. The maximum Gasteiger partial charge on any atom is 0.151 e. The standard InChI is InChI=1S/C8H19NO3S/c1-4-13(11,12)6-8(3)9-7(2)5-10/h7-10H,4-6H2,1-3H3. The number of rotatable bonds is 6. The quantitative estimate of drug-likeness (QED) is 0.635. The summed E-state index contributed by atoms with van der Waals surface area (Å²) in [6.07, 6.45) is 0. The molecule has 80 valence electrons. The van der Waals surface area contributed by atoms with E-state index in [1.807, 2.05) is 6.92 Å². The number of nitrogens with one attached hydrogen (secondary N) is 1.